The van der Waals surface area contributed by atoms with Crippen molar-refractivity contribution >= 4 is 5.97 Å². The van der Waals surface area contributed by atoms with Crippen molar-refractivity contribution in [1.29, 1.82) is 0 Å². The Morgan fingerprint density at radius 1 is 1.33 bits per heavy atom. The van der Waals surface area contributed by atoms with Crippen LogP contribution in [0, 0.1) is 17.3 Å². The molecule has 3 aliphatic rings. The van der Waals surface area contributed by atoms with E-state index in [-0.39, 0.29) is 11.3 Å². The van der Waals surface area contributed by atoms with Crippen molar-refractivity contribution in [2.24, 2.45) is 17.3 Å². The Labute approximate surface area is 109 Å². The van der Waals surface area contributed by atoms with Crippen LogP contribution in [0.3, 0.4) is 0 Å². The van der Waals surface area contributed by atoms with E-state index in [1.165, 1.54) is 32.4 Å². The Bertz CT molecular complexity index is 360. The number of carboxylic acids is 1. The maximum atomic E-state index is 11.3. The number of fused-ring (bicyclic) bond motifs is 2. The average Bonchev–Trinajstić information content (AvgIpc) is 2.96. The number of allylic oxidation sites excluding steroid dienone is 2. The van der Waals surface area contributed by atoms with Crippen molar-refractivity contribution in [3.63, 3.8) is 0 Å². The van der Waals surface area contributed by atoms with Crippen molar-refractivity contribution in [2.75, 3.05) is 19.6 Å². The minimum absolute atomic E-state index is 0.0824. The van der Waals surface area contributed by atoms with E-state index in [2.05, 4.69) is 17.1 Å². The van der Waals surface area contributed by atoms with E-state index in [1.807, 2.05) is 0 Å². The second kappa shape index (κ2) is 4.69. The highest BCUT2D eigenvalue weighted by Gasteiger charge is 2.48. The van der Waals surface area contributed by atoms with Gasteiger partial charge in [-0.15, -0.1) is 0 Å². The zero-order valence-electron chi connectivity index (χ0n) is 10.9. The van der Waals surface area contributed by atoms with Gasteiger partial charge in [-0.1, -0.05) is 18.6 Å². The van der Waals surface area contributed by atoms with Crippen LogP contribution >= 0.6 is 0 Å². The molecule has 2 fully saturated rings. The maximum Gasteiger partial charge on any atom is 0.0454 e. The Morgan fingerprint density at radius 3 is 2.78 bits per heavy atom. The molecule has 100 valence electrons. The number of rotatable bonds is 4. The SMILES string of the molecule is O=C([O-])C1CC2C=CC1(CCN1CCCCC1)C2. The van der Waals surface area contributed by atoms with Crippen molar-refractivity contribution in [2.45, 2.75) is 38.5 Å². The molecule has 0 aromatic carbocycles. The first-order chi connectivity index (χ1) is 8.70. The monoisotopic (exact) mass is 248 g/mol. The number of aliphatic carboxylic acids is 1. The molecule has 0 amide bonds. The molecule has 18 heavy (non-hydrogen) atoms. The van der Waals surface area contributed by atoms with Crippen LogP contribution in [-0.4, -0.2) is 30.5 Å². The minimum atomic E-state index is -0.833. The number of piperidine rings is 1. The molecule has 0 spiro atoms. The first-order valence-electron chi connectivity index (χ1n) is 7.32. The summed E-state index contributed by atoms with van der Waals surface area (Å²) in [5.41, 5.74) is -0.0824. The number of carboxylic acid groups (broad SMARTS) is 1. The van der Waals surface area contributed by atoms with Crippen molar-refractivity contribution in [3.05, 3.63) is 12.2 Å². The van der Waals surface area contributed by atoms with Gasteiger partial charge in [0.2, 0.25) is 0 Å². The summed E-state index contributed by atoms with van der Waals surface area (Å²) in [5.74, 6) is -0.577. The van der Waals surface area contributed by atoms with Crippen LogP contribution in [0.15, 0.2) is 12.2 Å². The van der Waals surface area contributed by atoms with Gasteiger partial charge in [0.25, 0.3) is 0 Å². The molecule has 0 N–H and O–H groups in total. The fourth-order valence-electron chi connectivity index (χ4n) is 4.15. The van der Waals surface area contributed by atoms with Crippen molar-refractivity contribution < 1.29 is 9.90 Å². The lowest BCUT2D eigenvalue weighted by molar-refractivity contribution is -0.314. The van der Waals surface area contributed by atoms with Gasteiger partial charge < -0.3 is 14.8 Å². The van der Waals surface area contributed by atoms with Gasteiger partial charge in [-0.05, 0) is 63.1 Å². The van der Waals surface area contributed by atoms with Gasteiger partial charge in [-0.25, -0.2) is 0 Å². The summed E-state index contributed by atoms with van der Waals surface area (Å²) in [6.07, 6.45) is 11.2. The Morgan fingerprint density at radius 2 is 2.11 bits per heavy atom. The van der Waals surface area contributed by atoms with Crippen LogP contribution < -0.4 is 5.11 Å². The van der Waals surface area contributed by atoms with E-state index in [1.54, 1.807) is 0 Å². The van der Waals surface area contributed by atoms with Crippen LogP contribution in [-0.2, 0) is 4.79 Å². The molecule has 1 saturated heterocycles. The van der Waals surface area contributed by atoms with Crippen LogP contribution in [0.4, 0.5) is 0 Å². The summed E-state index contributed by atoms with van der Waals surface area (Å²) in [4.78, 5) is 13.8. The Hall–Kier alpha value is -0.830. The smallest absolute Gasteiger partial charge is 0.0454 e. The fraction of sp³-hybridized carbons (Fsp3) is 0.800. The molecule has 3 atom stereocenters. The van der Waals surface area contributed by atoms with Crippen LogP contribution in [0.1, 0.15) is 38.5 Å². The zero-order valence-corrected chi connectivity index (χ0v) is 10.9. The third kappa shape index (κ3) is 2.09. The van der Waals surface area contributed by atoms with Crippen LogP contribution in [0.2, 0.25) is 0 Å². The molecule has 2 aliphatic carbocycles. The van der Waals surface area contributed by atoms with Gasteiger partial charge in [0.05, 0.1) is 0 Å². The van der Waals surface area contributed by atoms with E-state index in [0.29, 0.717) is 5.92 Å². The molecule has 3 unspecified atom stereocenters. The summed E-state index contributed by atoms with van der Waals surface area (Å²) in [7, 11) is 0. The third-order valence-corrected chi connectivity index (χ3v) is 5.20. The summed E-state index contributed by atoms with van der Waals surface area (Å²) < 4.78 is 0. The molecule has 3 heteroatoms. The van der Waals surface area contributed by atoms with Gasteiger partial charge in [-0.2, -0.15) is 0 Å². The molecule has 1 heterocycles. The van der Waals surface area contributed by atoms with E-state index in [9.17, 15) is 9.90 Å². The van der Waals surface area contributed by atoms with Crippen LogP contribution in [0.5, 0.6) is 0 Å². The maximum absolute atomic E-state index is 11.3. The highest BCUT2D eigenvalue weighted by Crippen LogP contribution is 2.55. The number of hydrogen-bond donors (Lipinski definition) is 0. The largest absolute Gasteiger partial charge is 0.550 e. The molecule has 3 nitrogen and oxygen atoms in total. The predicted molar refractivity (Wildman–Crippen MR) is 67.7 cm³/mol. The molecule has 0 radical (unpaired) electrons. The van der Waals surface area contributed by atoms with Crippen LogP contribution in [0.25, 0.3) is 0 Å². The Kier molecular flexibility index (Phi) is 3.18. The van der Waals surface area contributed by atoms with Crippen molar-refractivity contribution in [1.82, 2.24) is 4.90 Å². The molecule has 0 aromatic heterocycles. The summed E-state index contributed by atoms with van der Waals surface area (Å²) in [6.45, 7) is 3.44. The normalized spacial score (nSPS) is 39.3. The number of nitrogens with zero attached hydrogens (tertiary/aromatic N) is 1. The molecule has 1 aliphatic heterocycles. The highest BCUT2D eigenvalue weighted by atomic mass is 16.4. The third-order valence-electron chi connectivity index (χ3n) is 5.20. The summed E-state index contributed by atoms with van der Waals surface area (Å²) >= 11 is 0. The Balaban J connectivity index is 1.63. The first kappa shape index (κ1) is 12.2. The second-order valence-corrected chi connectivity index (χ2v) is 6.32. The number of likely N-dealkylation sites (tertiary alicyclic amines) is 1. The zero-order chi connectivity index (χ0) is 12.6. The first-order valence-corrected chi connectivity index (χ1v) is 7.32. The van der Waals surface area contributed by atoms with Gasteiger partial charge in [0, 0.05) is 11.9 Å². The lowest BCUT2D eigenvalue weighted by atomic mass is 9.75. The van der Waals surface area contributed by atoms with E-state index in [0.717, 1.165) is 25.8 Å². The quantitative estimate of drug-likeness (QED) is 0.702. The molecular weight excluding hydrogens is 226 g/mol. The predicted octanol–water partition coefficient (Wildman–Crippen LogP) is 1.19. The minimum Gasteiger partial charge on any atom is -0.550 e. The van der Waals surface area contributed by atoms with Crippen molar-refractivity contribution in [3.8, 4) is 0 Å². The lowest BCUT2D eigenvalue weighted by Crippen LogP contribution is -2.41. The topological polar surface area (TPSA) is 43.4 Å². The van der Waals surface area contributed by atoms with Gasteiger partial charge in [0.15, 0.2) is 0 Å². The molecule has 0 aromatic rings. The number of hydrogen-bond acceptors (Lipinski definition) is 3. The molecule has 1 saturated carbocycles. The standard InChI is InChI=1S/C15H23NO2/c17-14(18)13-10-12-4-5-15(13,11-12)6-9-16-7-2-1-3-8-16/h4-5,12-13H,1-3,6-11H2,(H,17,18)/p-1. The summed E-state index contributed by atoms with van der Waals surface area (Å²) in [5, 5.41) is 11.3. The highest BCUT2D eigenvalue weighted by molar-refractivity contribution is 5.70. The van der Waals surface area contributed by atoms with E-state index in [4.69, 9.17) is 0 Å². The summed E-state index contributed by atoms with van der Waals surface area (Å²) in [6, 6.07) is 0. The lowest BCUT2D eigenvalue weighted by Gasteiger charge is -2.36. The average molecular weight is 248 g/mol. The van der Waals surface area contributed by atoms with E-state index < -0.39 is 5.97 Å². The molecule has 3 rings (SSSR count). The number of carbonyl (C=O) groups is 1. The molecular formula is C15H22NO2-. The van der Waals surface area contributed by atoms with Gasteiger partial charge in [-0.3, -0.25) is 0 Å². The number of carbonyl (C=O) groups excluding carboxylic acids is 1. The fourth-order valence-corrected chi connectivity index (χ4v) is 4.15. The van der Waals surface area contributed by atoms with Gasteiger partial charge in [0.1, 0.15) is 0 Å². The van der Waals surface area contributed by atoms with Gasteiger partial charge >= 0.3 is 0 Å². The van der Waals surface area contributed by atoms with E-state index >= 15 is 0 Å². The second-order valence-electron chi connectivity index (χ2n) is 6.32. The molecule has 2 bridgehead atoms.